The molecule has 5 heteroatoms. The Hall–Kier alpha value is -1.16. The van der Waals surface area contributed by atoms with E-state index in [2.05, 4.69) is 4.98 Å². The van der Waals surface area contributed by atoms with E-state index in [0.29, 0.717) is 21.3 Å². The van der Waals surface area contributed by atoms with Crippen molar-refractivity contribution in [3.63, 3.8) is 0 Å². The van der Waals surface area contributed by atoms with Crippen LogP contribution < -0.4 is 0 Å². The molecular formula is C12H8Cl2FNO. The predicted molar refractivity (Wildman–Crippen MR) is 65.6 cm³/mol. The van der Waals surface area contributed by atoms with Crippen molar-refractivity contribution >= 4 is 23.2 Å². The average molecular weight is 272 g/mol. The van der Waals surface area contributed by atoms with Crippen molar-refractivity contribution in [1.29, 1.82) is 0 Å². The highest BCUT2D eigenvalue weighted by Crippen LogP contribution is 2.29. The van der Waals surface area contributed by atoms with E-state index in [-0.39, 0.29) is 5.69 Å². The van der Waals surface area contributed by atoms with Gasteiger partial charge in [0.2, 0.25) is 0 Å². The van der Waals surface area contributed by atoms with Gasteiger partial charge in [-0.3, -0.25) is 0 Å². The number of aliphatic hydroxyl groups is 1. The van der Waals surface area contributed by atoms with Crippen molar-refractivity contribution in [3.05, 3.63) is 51.9 Å². The summed E-state index contributed by atoms with van der Waals surface area (Å²) in [5.41, 5.74) is 1.14. The summed E-state index contributed by atoms with van der Waals surface area (Å²) < 4.78 is 13.2. The molecule has 0 aliphatic rings. The van der Waals surface area contributed by atoms with Crippen molar-refractivity contribution in [2.75, 3.05) is 0 Å². The van der Waals surface area contributed by atoms with Gasteiger partial charge in [0, 0.05) is 10.6 Å². The van der Waals surface area contributed by atoms with Gasteiger partial charge >= 0.3 is 0 Å². The van der Waals surface area contributed by atoms with Gasteiger partial charge in [-0.25, -0.2) is 9.37 Å². The number of pyridine rings is 1. The lowest BCUT2D eigenvalue weighted by atomic mass is 10.1. The second-order valence-electron chi connectivity index (χ2n) is 3.41. The molecule has 1 aromatic carbocycles. The number of hydrogen-bond donors (Lipinski definition) is 1. The van der Waals surface area contributed by atoms with Gasteiger partial charge in [0.15, 0.2) is 0 Å². The van der Waals surface area contributed by atoms with Crippen LogP contribution in [0.1, 0.15) is 5.69 Å². The van der Waals surface area contributed by atoms with Crippen LogP contribution in [0, 0.1) is 5.82 Å². The summed E-state index contributed by atoms with van der Waals surface area (Å²) in [7, 11) is 0. The summed E-state index contributed by atoms with van der Waals surface area (Å²) in [5.74, 6) is -0.540. The van der Waals surface area contributed by atoms with Crippen LogP contribution in [0.3, 0.4) is 0 Å². The molecule has 2 aromatic rings. The molecule has 0 radical (unpaired) electrons. The van der Waals surface area contributed by atoms with Gasteiger partial charge in [-0.05, 0) is 30.3 Å². The van der Waals surface area contributed by atoms with E-state index >= 15 is 0 Å². The van der Waals surface area contributed by atoms with Gasteiger partial charge in [0.25, 0.3) is 0 Å². The predicted octanol–water partition coefficient (Wildman–Crippen LogP) is 3.69. The molecule has 2 nitrogen and oxygen atoms in total. The zero-order valence-electron chi connectivity index (χ0n) is 8.62. The molecule has 1 heterocycles. The maximum Gasteiger partial charge on any atom is 0.147 e. The lowest BCUT2D eigenvalue weighted by Crippen LogP contribution is -1.96. The third-order valence-corrected chi connectivity index (χ3v) is 2.82. The number of halogens is 3. The first-order valence-electron chi connectivity index (χ1n) is 4.83. The maximum absolute atomic E-state index is 13.2. The Morgan fingerprint density at radius 1 is 1.18 bits per heavy atom. The SMILES string of the molecule is OCc1nc(-c2ccc(Cl)cc2Cl)ccc1F. The van der Waals surface area contributed by atoms with E-state index in [0.717, 1.165) is 0 Å². The maximum atomic E-state index is 13.2. The second kappa shape index (κ2) is 5.00. The zero-order valence-corrected chi connectivity index (χ0v) is 10.1. The van der Waals surface area contributed by atoms with E-state index in [1.165, 1.54) is 12.1 Å². The lowest BCUT2D eigenvalue weighted by Gasteiger charge is -2.06. The first kappa shape index (κ1) is 12.3. The van der Waals surface area contributed by atoms with Crippen LogP contribution in [0.25, 0.3) is 11.3 Å². The Bertz CT molecular complexity index is 560. The van der Waals surface area contributed by atoms with Crippen LogP contribution in [0.5, 0.6) is 0 Å². The third kappa shape index (κ3) is 2.57. The fourth-order valence-corrected chi connectivity index (χ4v) is 1.95. The Morgan fingerprint density at radius 3 is 2.59 bits per heavy atom. The van der Waals surface area contributed by atoms with Crippen LogP contribution >= 0.6 is 23.2 Å². The standard InChI is InChI=1S/C12H8Cl2FNO/c13-7-1-2-8(9(14)5-7)11-4-3-10(15)12(6-17)16-11/h1-5,17H,6H2. The second-order valence-corrected chi connectivity index (χ2v) is 4.25. The Labute approximate surface area is 108 Å². The Balaban J connectivity index is 2.53. The molecule has 0 unspecified atom stereocenters. The minimum Gasteiger partial charge on any atom is -0.390 e. The topological polar surface area (TPSA) is 33.1 Å². The van der Waals surface area contributed by atoms with Crippen molar-refractivity contribution in [2.24, 2.45) is 0 Å². The summed E-state index contributed by atoms with van der Waals surface area (Å²) in [6.45, 7) is -0.453. The van der Waals surface area contributed by atoms with Crippen molar-refractivity contribution in [2.45, 2.75) is 6.61 Å². The van der Waals surface area contributed by atoms with Gasteiger partial charge in [-0.15, -0.1) is 0 Å². The summed E-state index contributed by atoms with van der Waals surface area (Å²) in [5, 5.41) is 9.89. The van der Waals surface area contributed by atoms with Gasteiger partial charge in [-0.2, -0.15) is 0 Å². The quantitative estimate of drug-likeness (QED) is 0.904. The highest BCUT2D eigenvalue weighted by atomic mass is 35.5. The number of benzene rings is 1. The molecule has 0 aliphatic heterocycles. The van der Waals surface area contributed by atoms with Crippen LogP contribution in [-0.2, 0) is 6.61 Å². The summed E-state index contributed by atoms with van der Waals surface area (Å²) in [4.78, 5) is 4.00. The van der Waals surface area contributed by atoms with Crippen molar-refractivity contribution in [1.82, 2.24) is 4.98 Å². The largest absolute Gasteiger partial charge is 0.390 e. The smallest absolute Gasteiger partial charge is 0.147 e. The van der Waals surface area contributed by atoms with Gasteiger partial charge < -0.3 is 5.11 Å². The molecule has 17 heavy (non-hydrogen) atoms. The van der Waals surface area contributed by atoms with E-state index in [9.17, 15) is 4.39 Å². The molecular weight excluding hydrogens is 264 g/mol. The Kier molecular flexibility index (Phi) is 3.62. The van der Waals surface area contributed by atoms with E-state index < -0.39 is 12.4 Å². The number of nitrogens with zero attached hydrogens (tertiary/aromatic N) is 1. The van der Waals surface area contributed by atoms with E-state index in [1.807, 2.05) is 0 Å². The van der Waals surface area contributed by atoms with Crippen LogP contribution in [0.4, 0.5) is 4.39 Å². The van der Waals surface area contributed by atoms with Gasteiger partial charge in [-0.1, -0.05) is 23.2 Å². The first-order chi connectivity index (χ1) is 8.11. The highest BCUT2D eigenvalue weighted by molar-refractivity contribution is 6.36. The molecule has 0 bridgehead atoms. The van der Waals surface area contributed by atoms with Crippen molar-refractivity contribution < 1.29 is 9.50 Å². The fourth-order valence-electron chi connectivity index (χ4n) is 1.44. The van der Waals surface area contributed by atoms with Crippen molar-refractivity contribution in [3.8, 4) is 11.3 Å². The van der Waals surface area contributed by atoms with Gasteiger partial charge in [0.1, 0.15) is 11.5 Å². The summed E-state index contributed by atoms with van der Waals surface area (Å²) >= 11 is 11.8. The Morgan fingerprint density at radius 2 is 1.94 bits per heavy atom. The van der Waals surface area contributed by atoms with E-state index in [4.69, 9.17) is 28.3 Å². The van der Waals surface area contributed by atoms with E-state index in [1.54, 1.807) is 18.2 Å². The molecule has 0 spiro atoms. The summed E-state index contributed by atoms with van der Waals surface area (Å²) in [6, 6.07) is 7.71. The first-order valence-corrected chi connectivity index (χ1v) is 5.59. The number of aliphatic hydroxyl groups excluding tert-OH is 1. The average Bonchev–Trinajstić information content (AvgIpc) is 2.30. The number of hydrogen-bond acceptors (Lipinski definition) is 2. The molecule has 0 amide bonds. The molecule has 1 N–H and O–H groups in total. The third-order valence-electron chi connectivity index (χ3n) is 2.28. The number of aromatic nitrogens is 1. The number of rotatable bonds is 2. The molecule has 0 fully saturated rings. The lowest BCUT2D eigenvalue weighted by molar-refractivity contribution is 0.270. The molecule has 1 aromatic heterocycles. The summed E-state index contributed by atoms with van der Waals surface area (Å²) in [6.07, 6.45) is 0. The molecule has 0 saturated carbocycles. The molecule has 2 rings (SSSR count). The van der Waals surface area contributed by atoms with Crippen LogP contribution in [-0.4, -0.2) is 10.1 Å². The minimum atomic E-state index is -0.540. The van der Waals surface area contributed by atoms with Gasteiger partial charge in [0.05, 0.1) is 17.3 Å². The molecule has 88 valence electrons. The molecule has 0 aliphatic carbocycles. The minimum absolute atomic E-state index is 0.00600. The highest BCUT2D eigenvalue weighted by Gasteiger charge is 2.09. The fraction of sp³-hybridized carbons (Fsp3) is 0.0833. The van der Waals surface area contributed by atoms with Crippen LogP contribution in [0.15, 0.2) is 30.3 Å². The normalized spacial score (nSPS) is 10.6. The zero-order chi connectivity index (χ0) is 12.4. The van der Waals surface area contributed by atoms with Crippen LogP contribution in [0.2, 0.25) is 10.0 Å². The molecule has 0 atom stereocenters. The molecule has 0 saturated heterocycles. The monoisotopic (exact) mass is 271 g/mol.